The summed E-state index contributed by atoms with van der Waals surface area (Å²) in [7, 11) is 0. The second kappa shape index (κ2) is 7.06. The minimum absolute atomic E-state index is 0.0857. The molecule has 1 unspecified atom stereocenters. The SMILES string of the molecule is CC(=O)N1CC=C2C(C#N)C(=N)C(C#N)(C#N)[C@@H](Cc3ccccc3)[C@H]2C1. The van der Waals surface area contributed by atoms with Gasteiger partial charge in [0.15, 0.2) is 5.41 Å². The predicted molar refractivity (Wildman–Crippen MR) is 98.0 cm³/mol. The fraction of sp³-hybridized carbons (Fsp3) is 0.381. The van der Waals surface area contributed by atoms with Crippen molar-refractivity contribution in [3.05, 3.63) is 47.5 Å². The molecule has 27 heavy (non-hydrogen) atoms. The smallest absolute Gasteiger partial charge is 0.219 e. The van der Waals surface area contributed by atoms with Crippen molar-refractivity contribution in [1.29, 1.82) is 21.2 Å². The number of rotatable bonds is 2. The van der Waals surface area contributed by atoms with Crippen LogP contribution >= 0.6 is 0 Å². The minimum Gasteiger partial charge on any atom is -0.339 e. The van der Waals surface area contributed by atoms with Gasteiger partial charge in [0.25, 0.3) is 0 Å². The molecular formula is C21H19N5O. The predicted octanol–water partition coefficient (Wildman–Crippen LogP) is 2.46. The molecule has 0 saturated heterocycles. The first-order valence-corrected chi connectivity index (χ1v) is 8.79. The number of benzene rings is 1. The lowest BCUT2D eigenvalue weighted by atomic mass is 9.54. The second-order valence-electron chi connectivity index (χ2n) is 7.04. The lowest BCUT2D eigenvalue weighted by Crippen LogP contribution is -2.55. The monoisotopic (exact) mass is 357 g/mol. The van der Waals surface area contributed by atoms with Gasteiger partial charge in [-0.25, -0.2) is 0 Å². The lowest BCUT2D eigenvalue weighted by molar-refractivity contribution is -0.129. The van der Waals surface area contributed by atoms with Crippen LogP contribution in [0.5, 0.6) is 0 Å². The van der Waals surface area contributed by atoms with Gasteiger partial charge in [0.05, 0.1) is 23.9 Å². The van der Waals surface area contributed by atoms with Crippen LogP contribution in [0.2, 0.25) is 0 Å². The molecule has 134 valence electrons. The van der Waals surface area contributed by atoms with Gasteiger partial charge in [-0.1, -0.05) is 36.4 Å². The molecule has 1 aliphatic carbocycles. The van der Waals surface area contributed by atoms with Crippen molar-refractivity contribution < 1.29 is 4.79 Å². The molecule has 1 aromatic carbocycles. The quantitative estimate of drug-likeness (QED) is 0.818. The van der Waals surface area contributed by atoms with Crippen LogP contribution in [-0.2, 0) is 11.2 Å². The van der Waals surface area contributed by atoms with E-state index in [2.05, 4.69) is 18.2 Å². The lowest BCUT2D eigenvalue weighted by Gasteiger charge is -2.47. The molecule has 3 rings (SSSR count). The highest BCUT2D eigenvalue weighted by molar-refractivity contribution is 6.00. The molecule has 1 saturated carbocycles. The van der Waals surface area contributed by atoms with Crippen molar-refractivity contribution in [3.63, 3.8) is 0 Å². The van der Waals surface area contributed by atoms with Crippen molar-refractivity contribution >= 4 is 11.6 Å². The summed E-state index contributed by atoms with van der Waals surface area (Å²) in [4.78, 5) is 13.6. The number of nitrogens with zero attached hydrogens (tertiary/aromatic N) is 4. The molecule has 1 heterocycles. The summed E-state index contributed by atoms with van der Waals surface area (Å²) in [6.45, 7) is 2.23. The zero-order chi connectivity index (χ0) is 19.6. The molecule has 1 aliphatic heterocycles. The third-order valence-corrected chi connectivity index (χ3v) is 5.71. The Morgan fingerprint density at radius 1 is 1.26 bits per heavy atom. The maximum Gasteiger partial charge on any atom is 0.219 e. The summed E-state index contributed by atoms with van der Waals surface area (Å²) in [5, 5.41) is 38.0. The molecule has 1 aromatic rings. The van der Waals surface area contributed by atoms with Crippen molar-refractivity contribution in [2.45, 2.75) is 13.3 Å². The van der Waals surface area contributed by atoms with E-state index in [1.54, 1.807) is 4.90 Å². The largest absolute Gasteiger partial charge is 0.339 e. The first-order valence-electron chi connectivity index (χ1n) is 8.79. The Morgan fingerprint density at radius 2 is 1.93 bits per heavy atom. The molecule has 1 N–H and O–H groups in total. The number of carbonyl (C=O) groups is 1. The van der Waals surface area contributed by atoms with E-state index in [1.807, 2.05) is 36.4 Å². The zero-order valence-corrected chi connectivity index (χ0v) is 15.0. The highest BCUT2D eigenvalue weighted by Gasteiger charge is 2.57. The van der Waals surface area contributed by atoms with Gasteiger partial charge < -0.3 is 10.3 Å². The number of hydrogen-bond donors (Lipinski definition) is 1. The average Bonchev–Trinajstić information content (AvgIpc) is 2.69. The Bertz CT molecular complexity index is 914. The number of carbonyl (C=O) groups excluding carboxylic acids is 1. The Morgan fingerprint density at radius 3 is 2.48 bits per heavy atom. The Hall–Kier alpha value is -3.43. The fourth-order valence-electron chi connectivity index (χ4n) is 4.24. The molecule has 0 bridgehead atoms. The van der Waals surface area contributed by atoms with Crippen LogP contribution in [0.1, 0.15) is 12.5 Å². The summed E-state index contributed by atoms with van der Waals surface area (Å²) in [6.07, 6.45) is 2.25. The molecule has 2 aliphatic rings. The van der Waals surface area contributed by atoms with Crippen LogP contribution in [0.25, 0.3) is 0 Å². The Balaban J connectivity index is 2.14. The van der Waals surface area contributed by atoms with E-state index in [1.165, 1.54) is 6.92 Å². The first kappa shape index (κ1) is 18.4. The maximum atomic E-state index is 11.9. The van der Waals surface area contributed by atoms with Crippen molar-refractivity contribution in [2.75, 3.05) is 13.1 Å². The highest BCUT2D eigenvalue weighted by Crippen LogP contribution is 2.49. The van der Waals surface area contributed by atoms with Crippen LogP contribution in [-0.4, -0.2) is 29.6 Å². The van der Waals surface area contributed by atoms with E-state index in [0.717, 1.165) is 11.1 Å². The zero-order valence-electron chi connectivity index (χ0n) is 15.0. The summed E-state index contributed by atoms with van der Waals surface area (Å²) in [6, 6.07) is 15.8. The van der Waals surface area contributed by atoms with Crippen LogP contribution in [0.4, 0.5) is 0 Å². The van der Waals surface area contributed by atoms with Gasteiger partial charge >= 0.3 is 0 Å². The molecule has 3 atom stereocenters. The third-order valence-electron chi connectivity index (χ3n) is 5.71. The standard InChI is InChI=1S/C21H19N5O/c1-14(27)26-8-7-16-17(10-22)20(25)21(12-23,13-24)19(18(16)11-26)9-15-5-3-2-4-6-15/h2-7,17-19,25H,8-9,11H2,1H3/t17?,18-,19-/m0/s1. The van der Waals surface area contributed by atoms with E-state index >= 15 is 0 Å². The second-order valence-corrected chi connectivity index (χ2v) is 7.04. The van der Waals surface area contributed by atoms with Gasteiger partial charge in [-0.15, -0.1) is 0 Å². The number of amides is 1. The van der Waals surface area contributed by atoms with Crippen LogP contribution in [0.15, 0.2) is 42.0 Å². The Labute approximate surface area is 158 Å². The number of nitrogens with one attached hydrogen (secondary N) is 1. The van der Waals surface area contributed by atoms with Gasteiger partial charge in [-0.2, -0.15) is 15.8 Å². The first-order chi connectivity index (χ1) is 13.0. The minimum atomic E-state index is -1.68. The van der Waals surface area contributed by atoms with E-state index in [9.17, 15) is 20.6 Å². The van der Waals surface area contributed by atoms with Crippen LogP contribution < -0.4 is 0 Å². The third kappa shape index (κ3) is 2.88. The number of nitriles is 3. The molecule has 6 nitrogen and oxygen atoms in total. The van der Waals surface area contributed by atoms with Crippen molar-refractivity contribution in [2.24, 2.45) is 23.2 Å². The van der Waals surface area contributed by atoms with E-state index in [-0.39, 0.29) is 17.5 Å². The summed E-state index contributed by atoms with van der Waals surface area (Å²) in [5.74, 6) is -1.78. The van der Waals surface area contributed by atoms with Crippen molar-refractivity contribution in [3.8, 4) is 18.2 Å². The number of fused-ring (bicyclic) bond motifs is 1. The highest BCUT2D eigenvalue weighted by atomic mass is 16.2. The summed E-state index contributed by atoms with van der Waals surface area (Å²) >= 11 is 0. The molecular weight excluding hydrogens is 338 g/mol. The van der Waals surface area contributed by atoms with Gasteiger partial charge in [-0.3, -0.25) is 4.79 Å². The molecule has 0 radical (unpaired) electrons. The van der Waals surface area contributed by atoms with Gasteiger partial charge in [-0.05, 0) is 17.6 Å². The molecule has 0 spiro atoms. The van der Waals surface area contributed by atoms with E-state index in [4.69, 9.17) is 5.41 Å². The van der Waals surface area contributed by atoms with Gasteiger partial charge in [0.1, 0.15) is 5.92 Å². The van der Waals surface area contributed by atoms with Crippen LogP contribution in [0.3, 0.4) is 0 Å². The maximum absolute atomic E-state index is 11.9. The topological polar surface area (TPSA) is 116 Å². The molecule has 1 amide bonds. The van der Waals surface area contributed by atoms with Gasteiger partial charge in [0, 0.05) is 31.8 Å². The molecule has 6 heteroatoms. The van der Waals surface area contributed by atoms with E-state index in [0.29, 0.717) is 19.5 Å². The average molecular weight is 357 g/mol. The normalized spacial score (nSPS) is 26.0. The van der Waals surface area contributed by atoms with Crippen LogP contribution in [0, 0.1) is 62.6 Å². The molecule has 1 fully saturated rings. The summed E-state index contributed by atoms with van der Waals surface area (Å²) < 4.78 is 0. The molecule has 0 aromatic heterocycles. The van der Waals surface area contributed by atoms with Crippen molar-refractivity contribution in [1.82, 2.24) is 4.90 Å². The Kier molecular flexibility index (Phi) is 4.80. The number of hydrogen-bond acceptors (Lipinski definition) is 5. The van der Waals surface area contributed by atoms with E-state index < -0.39 is 17.3 Å². The fourth-order valence-corrected chi connectivity index (χ4v) is 4.24. The summed E-state index contributed by atoms with van der Waals surface area (Å²) in [5.41, 5.74) is -0.102. The van der Waals surface area contributed by atoms with Gasteiger partial charge in [0.2, 0.25) is 5.91 Å².